The Morgan fingerprint density at radius 2 is 2.33 bits per heavy atom. The highest BCUT2D eigenvalue weighted by atomic mass is 16.1. The van der Waals surface area contributed by atoms with E-state index in [1.807, 2.05) is 0 Å². The summed E-state index contributed by atoms with van der Waals surface area (Å²) in [5, 5.41) is 0. The Hall–Kier alpha value is -0.620. The third-order valence-corrected chi connectivity index (χ3v) is 2.72. The highest BCUT2D eigenvalue weighted by molar-refractivity contribution is 5.32. The zero-order valence-electron chi connectivity index (χ0n) is 7.97. The van der Waals surface area contributed by atoms with Crippen LogP contribution in [-0.4, -0.2) is 12.6 Å². The average molecular weight is 167 g/mol. The van der Waals surface area contributed by atoms with Crippen molar-refractivity contribution in [2.24, 2.45) is 16.3 Å². The van der Waals surface area contributed by atoms with Crippen molar-refractivity contribution < 1.29 is 4.79 Å². The fraction of sp³-hybridized carbons (Fsp3) is 0.900. The molecule has 1 fully saturated rings. The number of carbonyl (C=O) groups excluding carboxylic acids is 1. The third-order valence-electron chi connectivity index (χ3n) is 2.72. The second kappa shape index (κ2) is 3.86. The highest BCUT2D eigenvalue weighted by Gasteiger charge is 2.27. The summed E-state index contributed by atoms with van der Waals surface area (Å²) in [5.74, 6) is 0.621. The van der Waals surface area contributed by atoms with Crippen LogP contribution in [0.1, 0.15) is 39.5 Å². The van der Waals surface area contributed by atoms with Gasteiger partial charge in [0, 0.05) is 0 Å². The Kier molecular flexibility index (Phi) is 3.05. The molecule has 68 valence electrons. The van der Waals surface area contributed by atoms with Gasteiger partial charge >= 0.3 is 0 Å². The van der Waals surface area contributed by atoms with Crippen molar-refractivity contribution in [1.29, 1.82) is 0 Å². The van der Waals surface area contributed by atoms with Crippen molar-refractivity contribution in [2.75, 3.05) is 6.54 Å². The van der Waals surface area contributed by atoms with Crippen molar-refractivity contribution in [3.8, 4) is 0 Å². The van der Waals surface area contributed by atoms with Crippen LogP contribution >= 0.6 is 0 Å². The molecular weight excluding hydrogens is 150 g/mol. The molecule has 0 heterocycles. The first-order valence-electron chi connectivity index (χ1n) is 4.68. The van der Waals surface area contributed by atoms with Crippen LogP contribution in [0.2, 0.25) is 0 Å². The lowest BCUT2D eigenvalue weighted by Gasteiger charge is -2.34. The van der Waals surface area contributed by atoms with Crippen molar-refractivity contribution >= 4 is 6.08 Å². The summed E-state index contributed by atoms with van der Waals surface area (Å²) in [6.07, 6.45) is 6.65. The number of aliphatic imine (C=N–C) groups is 1. The lowest BCUT2D eigenvalue weighted by molar-refractivity contribution is 0.185. The first-order valence-corrected chi connectivity index (χ1v) is 4.68. The Morgan fingerprint density at radius 3 is 2.92 bits per heavy atom. The SMILES string of the molecule is CC1(C)CCCC(CN=C=O)C1. The smallest absolute Gasteiger partial charge is 0.211 e. The van der Waals surface area contributed by atoms with E-state index in [0.29, 0.717) is 17.9 Å². The molecule has 0 aromatic carbocycles. The van der Waals surface area contributed by atoms with Gasteiger partial charge in [0.15, 0.2) is 0 Å². The molecule has 0 aliphatic heterocycles. The summed E-state index contributed by atoms with van der Waals surface area (Å²) < 4.78 is 0. The first-order chi connectivity index (χ1) is 5.64. The van der Waals surface area contributed by atoms with E-state index in [0.717, 1.165) is 0 Å². The second-order valence-corrected chi connectivity index (χ2v) is 4.56. The van der Waals surface area contributed by atoms with E-state index in [9.17, 15) is 4.79 Å². The minimum atomic E-state index is 0.460. The van der Waals surface area contributed by atoms with Crippen LogP contribution in [0.4, 0.5) is 0 Å². The number of hydrogen-bond donors (Lipinski definition) is 0. The summed E-state index contributed by atoms with van der Waals surface area (Å²) in [6.45, 7) is 5.28. The minimum absolute atomic E-state index is 0.460. The van der Waals surface area contributed by atoms with Crippen molar-refractivity contribution in [1.82, 2.24) is 0 Å². The molecule has 0 spiro atoms. The molecule has 1 saturated carbocycles. The standard InChI is InChI=1S/C10H17NO/c1-10(2)5-3-4-9(6-10)7-11-8-12/h9H,3-7H2,1-2H3. The maximum atomic E-state index is 9.92. The fourth-order valence-corrected chi connectivity index (χ4v) is 2.18. The van der Waals surface area contributed by atoms with Crippen LogP contribution in [0, 0.1) is 11.3 Å². The van der Waals surface area contributed by atoms with Gasteiger partial charge in [-0.1, -0.05) is 20.3 Å². The van der Waals surface area contributed by atoms with E-state index in [4.69, 9.17) is 0 Å². The molecule has 0 saturated heterocycles. The Labute approximate surface area is 74.1 Å². The van der Waals surface area contributed by atoms with E-state index >= 15 is 0 Å². The number of isocyanates is 1. The number of hydrogen-bond acceptors (Lipinski definition) is 2. The highest BCUT2D eigenvalue weighted by Crippen LogP contribution is 2.38. The van der Waals surface area contributed by atoms with E-state index in [1.54, 1.807) is 6.08 Å². The first kappa shape index (κ1) is 9.47. The van der Waals surface area contributed by atoms with Gasteiger partial charge in [-0.3, -0.25) is 0 Å². The largest absolute Gasteiger partial charge is 0.234 e. The van der Waals surface area contributed by atoms with Crippen LogP contribution < -0.4 is 0 Å². The second-order valence-electron chi connectivity index (χ2n) is 4.56. The molecule has 0 aromatic rings. The molecule has 1 atom stereocenters. The molecule has 0 radical (unpaired) electrons. The van der Waals surface area contributed by atoms with E-state index in [1.165, 1.54) is 25.7 Å². The Bertz CT molecular complexity index is 192. The number of rotatable bonds is 2. The van der Waals surface area contributed by atoms with Gasteiger partial charge in [-0.25, -0.2) is 9.79 Å². The predicted octanol–water partition coefficient (Wildman–Crippen LogP) is 2.54. The summed E-state index contributed by atoms with van der Waals surface area (Å²) in [7, 11) is 0. The maximum Gasteiger partial charge on any atom is 0.234 e. The van der Waals surface area contributed by atoms with Gasteiger partial charge in [0.1, 0.15) is 0 Å². The van der Waals surface area contributed by atoms with Crippen LogP contribution in [0.25, 0.3) is 0 Å². The summed E-state index contributed by atoms with van der Waals surface area (Å²) in [6, 6.07) is 0. The molecule has 0 aromatic heterocycles. The molecule has 12 heavy (non-hydrogen) atoms. The van der Waals surface area contributed by atoms with Gasteiger partial charge in [0.2, 0.25) is 6.08 Å². The lowest BCUT2D eigenvalue weighted by Crippen LogP contribution is -2.24. The average Bonchev–Trinajstić information content (AvgIpc) is 1.99. The third kappa shape index (κ3) is 2.78. The summed E-state index contributed by atoms with van der Waals surface area (Å²) >= 11 is 0. The van der Waals surface area contributed by atoms with Crippen LogP contribution in [0.5, 0.6) is 0 Å². The van der Waals surface area contributed by atoms with Gasteiger partial charge < -0.3 is 0 Å². The molecule has 1 aliphatic rings. The molecule has 1 rings (SSSR count). The molecule has 0 N–H and O–H groups in total. The van der Waals surface area contributed by atoms with E-state index < -0.39 is 0 Å². The Balaban J connectivity index is 2.41. The van der Waals surface area contributed by atoms with Gasteiger partial charge in [-0.15, -0.1) is 0 Å². The monoisotopic (exact) mass is 167 g/mol. The minimum Gasteiger partial charge on any atom is -0.211 e. The predicted molar refractivity (Wildman–Crippen MR) is 48.7 cm³/mol. The summed E-state index contributed by atoms with van der Waals surface area (Å²) in [5.41, 5.74) is 0.460. The van der Waals surface area contributed by atoms with Crippen LogP contribution in [0.15, 0.2) is 4.99 Å². The zero-order chi connectivity index (χ0) is 9.03. The molecule has 0 bridgehead atoms. The van der Waals surface area contributed by atoms with Gasteiger partial charge in [0.05, 0.1) is 6.54 Å². The Morgan fingerprint density at radius 1 is 1.58 bits per heavy atom. The van der Waals surface area contributed by atoms with Gasteiger partial charge in [0.25, 0.3) is 0 Å². The van der Waals surface area contributed by atoms with Crippen molar-refractivity contribution in [2.45, 2.75) is 39.5 Å². The molecule has 2 nitrogen and oxygen atoms in total. The van der Waals surface area contributed by atoms with Crippen molar-refractivity contribution in [3.05, 3.63) is 0 Å². The quantitative estimate of drug-likeness (QED) is 0.459. The molecule has 1 unspecified atom stereocenters. The molecule has 2 heteroatoms. The molecule has 1 aliphatic carbocycles. The van der Waals surface area contributed by atoms with Crippen LogP contribution in [-0.2, 0) is 4.79 Å². The maximum absolute atomic E-state index is 9.92. The number of nitrogens with zero attached hydrogens (tertiary/aromatic N) is 1. The normalized spacial score (nSPS) is 27.7. The van der Waals surface area contributed by atoms with Crippen molar-refractivity contribution in [3.63, 3.8) is 0 Å². The van der Waals surface area contributed by atoms with Gasteiger partial charge in [-0.2, -0.15) is 0 Å². The molecular formula is C10H17NO. The summed E-state index contributed by atoms with van der Waals surface area (Å²) in [4.78, 5) is 13.6. The fourth-order valence-electron chi connectivity index (χ4n) is 2.18. The van der Waals surface area contributed by atoms with Gasteiger partial charge in [-0.05, 0) is 30.6 Å². The topological polar surface area (TPSA) is 29.4 Å². The van der Waals surface area contributed by atoms with E-state index in [-0.39, 0.29) is 0 Å². The zero-order valence-corrected chi connectivity index (χ0v) is 7.97. The van der Waals surface area contributed by atoms with Crippen LogP contribution in [0.3, 0.4) is 0 Å². The lowest BCUT2D eigenvalue weighted by atomic mass is 9.72. The molecule has 0 amide bonds. The van der Waals surface area contributed by atoms with E-state index in [2.05, 4.69) is 18.8 Å².